The Kier molecular flexibility index (Phi) is 10.4. The highest BCUT2D eigenvalue weighted by molar-refractivity contribution is 6.76. The third-order valence-electron chi connectivity index (χ3n) is 1.96. The average Bonchev–Trinajstić information content (AvgIpc) is 2.27. The Morgan fingerprint density at radius 2 is 1.15 bits per heavy atom. The van der Waals surface area contributed by atoms with Crippen LogP contribution in [0, 0.1) is 0 Å². The molecule has 0 unspecified atom stereocenters. The second-order valence-corrected chi connectivity index (χ2v) is 13.8. The summed E-state index contributed by atoms with van der Waals surface area (Å²) in [7, 11) is -7.25. The molecule has 0 heterocycles. The summed E-state index contributed by atoms with van der Waals surface area (Å²) in [5.74, 6) is 0. The molecule has 6 nitrogen and oxygen atoms in total. The van der Waals surface area contributed by atoms with E-state index in [2.05, 4.69) is 19.6 Å². The van der Waals surface area contributed by atoms with Crippen LogP contribution in [0.25, 0.3) is 0 Å². The summed E-state index contributed by atoms with van der Waals surface area (Å²) < 4.78 is 34.6. The van der Waals surface area contributed by atoms with Gasteiger partial charge in [0.2, 0.25) is 0 Å². The molecule has 0 N–H and O–H groups in total. The van der Waals surface area contributed by atoms with Gasteiger partial charge in [0.15, 0.2) is 8.32 Å². The van der Waals surface area contributed by atoms with Gasteiger partial charge in [0.25, 0.3) is 0 Å². The fraction of sp³-hybridized carbons (Fsp3) is 1.00. The van der Waals surface area contributed by atoms with Crippen LogP contribution in [0.2, 0.25) is 19.6 Å². The van der Waals surface area contributed by atoms with E-state index in [1.807, 2.05) is 27.7 Å². The third-order valence-corrected chi connectivity index (χ3v) is 10.0. The fourth-order valence-electron chi connectivity index (χ4n) is 1.39. The summed E-state index contributed by atoms with van der Waals surface area (Å²) >= 11 is 0. The van der Waals surface area contributed by atoms with Gasteiger partial charge >= 0.3 is 18.6 Å². The lowest BCUT2D eigenvalue weighted by atomic mass is 10.9. The first-order chi connectivity index (χ1) is 9.32. The van der Waals surface area contributed by atoms with Crippen LogP contribution in [-0.4, -0.2) is 53.3 Å². The van der Waals surface area contributed by atoms with Crippen LogP contribution in [0.15, 0.2) is 0 Å². The highest BCUT2D eigenvalue weighted by Gasteiger charge is 2.49. The maximum Gasteiger partial charge on any atom is 0.672 e. The molecule has 0 amide bonds. The maximum atomic E-state index is 6.00. The molecule has 0 spiro atoms. The van der Waals surface area contributed by atoms with Gasteiger partial charge in [0, 0.05) is 26.4 Å². The molecule has 0 rings (SSSR count). The predicted octanol–water partition coefficient (Wildman–Crippen LogP) is 2.15. The van der Waals surface area contributed by atoms with Crippen molar-refractivity contribution >= 4 is 26.9 Å². The maximum absolute atomic E-state index is 6.00. The van der Waals surface area contributed by atoms with Crippen molar-refractivity contribution in [2.24, 2.45) is 0 Å². The standard InChI is InChI=1S/C11H30O6Si3/c1-8-12-18(16-19(5,6)7)17-20(13-9-2,14-10-3)15-11-4/h18H,8-11H2,1-7H3/t18-/m1/s1. The van der Waals surface area contributed by atoms with Crippen molar-refractivity contribution in [3.8, 4) is 0 Å². The van der Waals surface area contributed by atoms with Crippen LogP contribution in [0.1, 0.15) is 27.7 Å². The fourth-order valence-corrected chi connectivity index (χ4v) is 8.21. The lowest BCUT2D eigenvalue weighted by molar-refractivity contribution is -0.00660. The summed E-state index contributed by atoms with van der Waals surface area (Å²) in [6.07, 6.45) is 0. The van der Waals surface area contributed by atoms with Crippen molar-refractivity contribution in [2.45, 2.75) is 47.3 Å². The van der Waals surface area contributed by atoms with E-state index in [9.17, 15) is 0 Å². The van der Waals surface area contributed by atoms with E-state index in [1.165, 1.54) is 0 Å². The zero-order valence-electron chi connectivity index (χ0n) is 13.9. The molecule has 1 atom stereocenters. The Labute approximate surface area is 127 Å². The minimum absolute atomic E-state index is 0.465. The topological polar surface area (TPSA) is 55.4 Å². The largest absolute Gasteiger partial charge is 0.672 e. The zero-order valence-corrected chi connectivity index (χ0v) is 17.0. The molecule has 0 aliphatic carbocycles. The molecule has 0 bridgehead atoms. The van der Waals surface area contributed by atoms with Crippen LogP contribution < -0.4 is 0 Å². The molecule has 0 radical (unpaired) electrons. The van der Waals surface area contributed by atoms with Gasteiger partial charge in [-0.2, -0.15) is 0 Å². The summed E-state index contributed by atoms with van der Waals surface area (Å²) in [6, 6.07) is 0. The molecule has 0 saturated carbocycles. The second-order valence-electron chi connectivity index (χ2n) is 4.89. The van der Waals surface area contributed by atoms with Gasteiger partial charge in [-0.1, -0.05) is 0 Å². The summed E-state index contributed by atoms with van der Waals surface area (Å²) in [5.41, 5.74) is 0. The average molecular weight is 343 g/mol. The molecular weight excluding hydrogens is 312 g/mol. The summed E-state index contributed by atoms with van der Waals surface area (Å²) in [4.78, 5) is 0. The third kappa shape index (κ3) is 8.64. The molecule has 9 heteroatoms. The Morgan fingerprint density at radius 3 is 1.45 bits per heavy atom. The van der Waals surface area contributed by atoms with Gasteiger partial charge < -0.3 is 25.9 Å². The molecule has 20 heavy (non-hydrogen) atoms. The first-order valence-electron chi connectivity index (χ1n) is 7.21. The van der Waals surface area contributed by atoms with Crippen LogP contribution in [0.5, 0.6) is 0 Å². The number of hydrogen-bond acceptors (Lipinski definition) is 6. The molecule has 122 valence electrons. The smallest absolute Gasteiger partial charge is 0.419 e. The molecule has 0 saturated heterocycles. The number of rotatable bonds is 12. The minimum Gasteiger partial charge on any atom is -0.419 e. The van der Waals surface area contributed by atoms with E-state index in [0.717, 1.165) is 0 Å². The van der Waals surface area contributed by atoms with E-state index in [1.54, 1.807) is 0 Å². The van der Waals surface area contributed by atoms with Crippen LogP contribution in [0.4, 0.5) is 0 Å². The second kappa shape index (κ2) is 10.2. The highest BCUT2D eigenvalue weighted by Crippen LogP contribution is 2.17. The zero-order chi connectivity index (χ0) is 15.6. The van der Waals surface area contributed by atoms with Gasteiger partial charge in [0.1, 0.15) is 0 Å². The van der Waals surface area contributed by atoms with E-state index in [4.69, 9.17) is 25.9 Å². The van der Waals surface area contributed by atoms with Crippen molar-refractivity contribution < 1.29 is 25.9 Å². The van der Waals surface area contributed by atoms with Crippen molar-refractivity contribution in [2.75, 3.05) is 26.4 Å². The lowest BCUT2D eigenvalue weighted by Crippen LogP contribution is -2.55. The molecule has 0 aliphatic heterocycles. The summed E-state index contributed by atoms with van der Waals surface area (Å²) in [5, 5.41) is 0. The minimum atomic E-state index is -3.16. The highest BCUT2D eigenvalue weighted by atomic mass is 28.5. The van der Waals surface area contributed by atoms with Crippen LogP contribution >= 0.6 is 0 Å². The van der Waals surface area contributed by atoms with E-state index >= 15 is 0 Å². The monoisotopic (exact) mass is 342 g/mol. The Hall–Kier alpha value is 0.411. The molecule has 0 aromatic heterocycles. The molecule has 0 aromatic carbocycles. The Balaban J connectivity index is 4.92. The Bertz CT molecular complexity index is 232. The van der Waals surface area contributed by atoms with Crippen molar-refractivity contribution in [1.29, 1.82) is 0 Å². The van der Waals surface area contributed by atoms with E-state index < -0.39 is 26.9 Å². The lowest BCUT2D eigenvalue weighted by Gasteiger charge is -2.32. The van der Waals surface area contributed by atoms with Gasteiger partial charge in [0.05, 0.1) is 0 Å². The van der Waals surface area contributed by atoms with Crippen LogP contribution in [0.3, 0.4) is 0 Å². The summed E-state index contributed by atoms with van der Waals surface area (Å²) in [6.45, 7) is 15.8. The SMILES string of the molecule is CCO[Si@H](O[Si](C)(C)C)O[Si](OCC)(OCC)OCC. The van der Waals surface area contributed by atoms with Crippen molar-refractivity contribution in [1.82, 2.24) is 0 Å². The normalized spacial score (nSPS) is 14.6. The number of hydrogen-bond donors (Lipinski definition) is 0. The van der Waals surface area contributed by atoms with E-state index in [-0.39, 0.29) is 0 Å². The van der Waals surface area contributed by atoms with Gasteiger partial charge in [-0.15, -0.1) is 0 Å². The first-order valence-corrected chi connectivity index (χ1v) is 13.7. The molecular formula is C11H30O6Si3. The van der Waals surface area contributed by atoms with Gasteiger partial charge in [-0.25, -0.2) is 0 Å². The van der Waals surface area contributed by atoms with Crippen molar-refractivity contribution in [3.63, 3.8) is 0 Å². The van der Waals surface area contributed by atoms with Gasteiger partial charge in [-0.05, 0) is 47.3 Å². The van der Waals surface area contributed by atoms with Crippen molar-refractivity contribution in [3.05, 3.63) is 0 Å². The quantitative estimate of drug-likeness (QED) is 0.507. The molecule has 0 fully saturated rings. The predicted molar refractivity (Wildman–Crippen MR) is 84.9 cm³/mol. The molecule has 0 aliphatic rings. The Morgan fingerprint density at radius 1 is 0.700 bits per heavy atom. The first kappa shape index (κ1) is 20.4. The molecule has 0 aromatic rings. The van der Waals surface area contributed by atoms with E-state index in [0.29, 0.717) is 26.4 Å². The van der Waals surface area contributed by atoms with Crippen LogP contribution in [-0.2, 0) is 25.9 Å². The van der Waals surface area contributed by atoms with Gasteiger partial charge in [-0.3, -0.25) is 0 Å².